The van der Waals surface area contributed by atoms with Gasteiger partial charge >= 0.3 is 0 Å². The van der Waals surface area contributed by atoms with Crippen LogP contribution >= 0.6 is 11.6 Å². The minimum absolute atomic E-state index is 0.0399. The summed E-state index contributed by atoms with van der Waals surface area (Å²) in [6, 6.07) is 5.45. The van der Waals surface area contributed by atoms with Crippen LogP contribution in [0, 0.1) is 6.92 Å². The molecular weight excluding hydrogens is 238 g/mol. The molecule has 17 heavy (non-hydrogen) atoms. The molecule has 0 atom stereocenters. The van der Waals surface area contributed by atoms with Crippen molar-refractivity contribution in [3.63, 3.8) is 0 Å². The van der Waals surface area contributed by atoms with Crippen molar-refractivity contribution in [3.05, 3.63) is 34.3 Å². The number of aryl methyl sites for hydroxylation is 1. The van der Waals surface area contributed by atoms with Crippen molar-refractivity contribution >= 4 is 17.5 Å². The lowest BCUT2D eigenvalue weighted by atomic mass is 10.1. The zero-order valence-corrected chi connectivity index (χ0v) is 10.6. The Morgan fingerprint density at radius 3 is 2.65 bits per heavy atom. The molecule has 0 saturated carbocycles. The minimum atomic E-state index is -0.271. The Labute approximate surface area is 106 Å². The molecule has 1 aliphatic rings. The molecule has 0 radical (unpaired) electrons. The van der Waals surface area contributed by atoms with Crippen LogP contribution in [-0.4, -0.2) is 35.1 Å². The molecule has 1 fully saturated rings. The predicted molar refractivity (Wildman–Crippen MR) is 67.3 cm³/mol. The van der Waals surface area contributed by atoms with Crippen LogP contribution < -0.4 is 0 Å². The molecule has 0 aliphatic carbocycles. The Morgan fingerprint density at radius 1 is 1.41 bits per heavy atom. The SMILES string of the molecule is Cc1ccc(C(=O)N2CCC(O)CC2)c(Cl)c1. The standard InChI is InChI=1S/C13H16ClNO2/c1-9-2-3-11(12(14)8-9)13(17)15-6-4-10(16)5-7-15/h2-3,8,10,16H,4-7H2,1H3. The van der Waals surface area contributed by atoms with Crippen LogP contribution in [0.5, 0.6) is 0 Å². The number of hydrogen-bond donors (Lipinski definition) is 1. The number of halogens is 1. The number of likely N-dealkylation sites (tertiary alicyclic amines) is 1. The normalized spacial score (nSPS) is 17.2. The number of benzene rings is 1. The second kappa shape index (κ2) is 5.07. The molecular formula is C13H16ClNO2. The van der Waals surface area contributed by atoms with Crippen molar-refractivity contribution in [2.45, 2.75) is 25.9 Å². The lowest BCUT2D eigenvalue weighted by Gasteiger charge is -2.29. The third-order valence-corrected chi connectivity index (χ3v) is 3.42. The fraction of sp³-hybridized carbons (Fsp3) is 0.462. The fourth-order valence-electron chi connectivity index (χ4n) is 2.03. The summed E-state index contributed by atoms with van der Waals surface area (Å²) in [5, 5.41) is 9.91. The van der Waals surface area contributed by atoms with E-state index < -0.39 is 0 Å². The number of aliphatic hydroxyl groups is 1. The largest absolute Gasteiger partial charge is 0.393 e. The number of nitrogens with zero attached hydrogens (tertiary/aromatic N) is 1. The van der Waals surface area contributed by atoms with Gasteiger partial charge in [0.15, 0.2) is 0 Å². The van der Waals surface area contributed by atoms with E-state index in [0.717, 1.165) is 5.56 Å². The lowest BCUT2D eigenvalue weighted by molar-refractivity contribution is 0.0546. The van der Waals surface area contributed by atoms with Crippen molar-refractivity contribution in [1.29, 1.82) is 0 Å². The number of piperidine rings is 1. The maximum Gasteiger partial charge on any atom is 0.255 e. The Balaban J connectivity index is 2.14. The molecule has 1 heterocycles. The van der Waals surface area contributed by atoms with Crippen molar-refractivity contribution in [1.82, 2.24) is 4.90 Å². The molecule has 1 saturated heterocycles. The summed E-state index contributed by atoms with van der Waals surface area (Å²) in [5.41, 5.74) is 1.59. The van der Waals surface area contributed by atoms with Crippen LogP contribution in [0.2, 0.25) is 5.02 Å². The first-order valence-corrected chi connectivity index (χ1v) is 6.19. The first-order chi connectivity index (χ1) is 8.08. The van der Waals surface area contributed by atoms with E-state index >= 15 is 0 Å². The highest BCUT2D eigenvalue weighted by molar-refractivity contribution is 6.33. The van der Waals surface area contributed by atoms with E-state index in [1.54, 1.807) is 17.0 Å². The maximum atomic E-state index is 12.2. The molecule has 0 bridgehead atoms. The van der Waals surface area contributed by atoms with E-state index in [2.05, 4.69) is 0 Å². The highest BCUT2D eigenvalue weighted by atomic mass is 35.5. The molecule has 3 nitrogen and oxygen atoms in total. The van der Waals surface area contributed by atoms with Gasteiger partial charge in [-0.05, 0) is 37.5 Å². The molecule has 1 amide bonds. The third kappa shape index (κ3) is 2.79. The Kier molecular flexibility index (Phi) is 3.69. The molecule has 92 valence electrons. The van der Waals surface area contributed by atoms with E-state index in [-0.39, 0.29) is 12.0 Å². The van der Waals surface area contributed by atoms with Gasteiger partial charge in [-0.3, -0.25) is 4.79 Å². The zero-order valence-electron chi connectivity index (χ0n) is 9.82. The molecule has 0 spiro atoms. The van der Waals surface area contributed by atoms with Gasteiger partial charge in [-0.25, -0.2) is 0 Å². The molecule has 1 aliphatic heterocycles. The van der Waals surface area contributed by atoms with Gasteiger partial charge in [0.1, 0.15) is 0 Å². The summed E-state index contributed by atoms with van der Waals surface area (Å²) < 4.78 is 0. The smallest absolute Gasteiger partial charge is 0.255 e. The Bertz CT molecular complexity index is 425. The van der Waals surface area contributed by atoms with E-state index in [1.165, 1.54) is 0 Å². The van der Waals surface area contributed by atoms with Gasteiger partial charge in [-0.2, -0.15) is 0 Å². The highest BCUT2D eigenvalue weighted by Crippen LogP contribution is 2.21. The van der Waals surface area contributed by atoms with E-state index in [0.29, 0.717) is 36.5 Å². The number of aliphatic hydroxyl groups excluding tert-OH is 1. The van der Waals surface area contributed by atoms with Crippen LogP contribution in [0.1, 0.15) is 28.8 Å². The molecule has 0 aromatic heterocycles. The van der Waals surface area contributed by atoms with Crippen LogP contribution in [0.3, 0.4) is 0 Å². The van der Waals surface area contributed by atoms with Crippen LogP contribution in [0.15, 0.2) is 18.2 Å². The second-order valence-corrected chi connectivity index (χ2v) is 4.91. The minimum Gasteiger partial charge on any atom is -0.393 e. The zero-order chi connectivity index (χ0) is 12.4. The van der Waals surface area contributed by atoms with Gasteiger partial charge < -0.3 is 10.0 Å². The van der Waals surface area contributed by atoms with Crippen LogP contribution in [-0.2, 0) is 0 Å². The molecule has 2 rings (SSSR count). The fourth-order valence-corrected chi connectivity index (χ4v) is 2.35. The van der Waals surface area contributed by atoms with Gasteiger partial charge in [0, 0.05) is 13.1 Å². The first-order valence-electron chi connectivity index (χ1n) is 5.81. The molecule has 0 unspecified atom stereocenters. The number of carbonyl (C=O) groups excluding carboxylic acids is 1. The summed E-state index contributed by atoms with van der Waals surface area (Å²) in [7, 11) is 0. The number of amides is 1. The Morgan fingerprint density at radius 2 is 2.06 bits per heavy atom. The van der Waals surface area contributed by atoms with Gasteiger partial charge in [0.2, 0.25) is 0 Å². The van der Waals surface area contributed by atoms with Crippen LogP contribution in [0.25, 0.3) is 0 Å². The van der Waals surface area contributed by atoms with E-state index in [9.17, 15) is 9.90 Å². The molecule has 1 N–H and O–H groups in total. The lowest BCUT2D eigenvalue weighted by Crippen LogP contribution is -2.40. The molecule has 4 heteroatoms. The van der Waals surface area contributed by atoms with Gasteiger partial charge in [-0.15, -0.1) is 0 Å². The first kappa shape index (κ1) is 12.4. The predicted octanol–water partition coefficient (Wildman–Crippen LogP) is 2.25. The van der Waals surface area contributed by atoms with E-state index in [4.69, 9.17) is 11.6 Å². The molecule has 1 aromatic carbocycles. The number of carbonyl (C=O) groups is 1. The highest BCUT2D eigenvalue weighted by Gasteiger charge is 2.23. The average molecular weight is 254 g/mol. The summed E-state index contributed by atoms with van der Waals surface area (Å²) in [6.45, 7) is 3.14. The summed E-state index contributed by atoms with van der Waals surface area (Å²) >= 11 is 6.08. The second-order valence-electron chi connectivity index (χ2n) is 4.51. The summed E-state index contributed by atoms with van der Waals surface area (Å²) in [5.74, 6) is -0.0399. The van der Waals surface area contributed by atoms with Crippen molar-refractivity contribution < 1.29 is 9.90 Å². The number of hydrogen-bond acceptors (Lipinski definition) is 2. The third-order valence-electron chi connectivity index (χ3n) is 3.11. The Hall–Kier alpha value is -1.06. The van der Waals surface area contributed by atoms with Crippen molar-refractivity contribution in [2.24, 2.45) is 0 Å². The van der Waals surface area contributed by atoms with Crippen molar-refractivity contribution in [2.75, 3.05) is 13.1 Å². The van der Waals surface area contributed by atoms with E-state index in [1.807, 2.05) is 13.0 Å². The quantitative estimate of drug-likeness (QED) is 0.834. The summed E-state index contributed by atoms with van der Waals surface area (Å²) in [6.07, 6.45) is 1.03. The average Bonchev–Trinajstić information content (AvgIpc) is 2.29. The van der Waals surface area contributed by atoms with Gasteiger partial charge in [0.05, 0.1) is 16.7 Å². The molecule has 1 aromatic rings. The van der Waals surface area contributed by atoms with Gasteiger partial charge in [0.25, 0.3) is 5.91 Å². The maximum absolute atomic E-state index is 12.2. The summed E-state index contributed by atoms with van der Waals surface area (Å²) in [4.78, 5) is 14.0. The van der Waals surface area contributed by atoms with Crippen LogP contribution in [0.4, 0.5) is 0 Å². The topological polar surface area (TPSA) is 40.5 Å². The number of rotatable bonds is 1. The van der Waals surface area contributed by atoms with Gasteiger partial charge in [-0.1, -0.05) is 17.7 Å². The monoisotopic (exact) mass is 253 g/mol. The van der Waals surface area contributed by atoms with Crippen molar-refractivity contribution in [3.8, 4) is 0 Å².